The summed E-state index contributed by atoms with van der Waals surface area (Å²) in [6.45, 7) is -0.359. The molecule has 0 aliphatic rings. The van der Waals surface area contributed by atoms with Gasteiger partial charge in [-0.2, -0.15) is 0 Å². The summed E-state index contributed by atoms with van der Waals surface area (Å²) in [5.41, 5.74) is 0.624. The first-order valence-corrected chi connectivity index (χ1v) is 7.32. The number of hydrogen-bond donors (Lipinski definition) is 0. The van der Waals surface area contributed by atoms with Gasteiger partial charge in [-0.3, -0.25) is 10.1 Å². The van der Waals surface area contributed by atoms with Gasteiger partial charge in [-0.25, -0.2) is 13.1 Å². The molecule has 9 nitrogen and oxygen atoms in total. The average molecular weight is 297 g/mol. The molecule has 0 amide bonds. The third-order valence-corrected chi connectivity index (χ3v) is 4.38. The lowest BCUT2D eigenvalue weighted by Crippen LogP contribution is -2.11. The first kappa shape index (κ1) is 14.1. The summed E-state index contributed by atoms with van der Waals surface area (Å²) >= 11 is 0. The fourth-order valence-corrected chi connectivity index (χ4v) is 2.88. The van der Waals surface area contributed by atoms with E-state index < -0.39 is 14.8 Å². The van der Waals surface area contributed by atoms with E-state index in [1.54, 1.807) is 12.1 Å². The molecule has 1 aromatic carbocycles. The molecule has 0 radical (unpaired) electrons. The highest BCUT2D eigenvalue weighted by Gasteiger charge is 2.15. The molecule has 0 aliphatic heterocycles. The van der Waals surface area contributed by atoms with Gasteiger partial charge >= 0.3 is 0 Å². The summed E-state index contributed by atoms with van der Waals surface area (Å²) in [6, 6.07) is 5.99. The van der Waals surface area contributed by atoms with Crippen LogP contribution in [0.5, 0.6) is 0 Å². The molecule has 0 N–H and O–H groups in total. The molecule has 0 bridgehead atoms. The van der Waals surface area contributed by atoms with Gasteiger partial charge in [0.05, 0.1) is 16.3 Å². The highest BCUT2D eigenvalue weighted by molar-refractivity contribution is 7.91. The Morgan fingerprint density at radius 3 is 2.50 bits per heavy atom. The van der Waals surface area contributed by atoms with Gasteiger partial charge < -0.3 is 0 Å². The highest BCUT2D eigenvalue weighted by Crippen LogP contribution is 2.15. The molecular weight excluding hydrogens is 286 g/mol. The van der Waals surface area contributed by atoms with Crippen molar-refractivity contribution >= 4 is 9.84 Å². The molecule has 2 aromatic rings. The van der Waals surface area contributed by atoms with Crippen LogP contribution in [-0.4, -0.2) is 45.8 Å². The average Bonchev–Trinajstić information content (AvgIpc) is 2.92. The van der Waals surface area contributed by atoms with Gasteiger partial charge in [0.15, 0.2) is 9.84 Å². The predicted molar refractivity (Wildman–Crippen MR) is 67.7 cm³/mol. The zero-order chi connectivity index (χ0) is 14.6. The van der Waals surface area contributed by atoms with Crippen LogP contribution in [0.15, 0.2) is 35.5 Å². The monoisotopic (exact) mass is 297 g/mol. The summed E-state index contributed by atoms with van der Waals surface area (Å²) in [7, 11) is -3.51. The van der Waals surface area contributed by atoms with Crippen LogP contribution in [0.4, 0.5) is 0 Å². The minimum absolute atomic E-state index is 0.00984. The third kappa shape index (κ3) is 3.35. The maximum atomic E-state index is 11.9. The molecule has 0 atom stereocenters. The standard InChI is InChI=1S/C10H11N5O4S/c16-15(17)6-1-7-20(18,19)10-4-2-9(3-5-10)14-8-11-12-13-14/h2-5,8H,1,6-7H2. The summed E-state index contributed by atoms with van der Waals surface area (Å²) in [5, 5.41) is 20.8. The number of aromatic nitrogens is 4. The Bertz CT molecular complexity index is 681. The number of tetrazole rings is 1. The molecule has 0 aliphatic carbocycles. The van der Waals surface area contributed by atoms with Crippen molar-refractivity contribution in [3.05, 3.63) is 40.7 Å². The van der Waals surface area contributed by atoms with Crippen LogP contribution in [0.25, 0.3) is 5.69 Å². The Kier molecular flexibility index (Phi) is 4.03. The molecular formula is C10H11N5O4S. The third-order valence-electron chi connectivity index (χ3n) is 2.56. The quantitative estimate of drug-likeness (QED) is 0.547. The second kappa shape index (κ2) is 5.74. The zero-order valence-corrected chi connectivity index (χ0v) is 11.1. The van der Waals surface area contributed by atoms with Gasteiger partial charge in [-0.1, -0.05) is 0 Å². The topological polar surface area (TPSA) is 121 Å². The Morgan fingerprint density at radius 1 is 1.25 bits per heavy atom. The Balaban J connectivity index is 2.11. The number of rotatable bonds is 6. The fraction of sp³-hybridized carbons (Fsp3) is 0.300. The lowest BCUT2D eigenvalue weighted by atomic mass is 10.3. The number of nitro groups is 1. The fourth-order valence-electron chi connectivity index (χ4n) is 1.59. The molecule has 1 aromatic heterocycles. The summed E-state index contributed by atoms with van der Waals surface area (Å²) < 4.78 is 25.3. The smallest absolute Gasteiger partial charge is 0.204 e. The Hall–Kier alpha value is -2.36. The second-order valence-corrected chi connectivity index (χ2v) is 6.09. The number of nitrogens with zero attached hydrogens (tertiary/aromatic N) is 5. The van der Waals surface area contributed by atoms with Gasteiger partial charge in [0, 0.05) is 11.3 Å². The number of hydrogen-bond acceptors (Lipinski definition) is 7. The predicted octanol–water partition coefficient (Wildman–Crippen LogP) is 0.103. The molecule has 0 fully saturated rings. The van der Waals surface area contributed by atoms with Crippen LogP contribution in [0.2, 0.25) is 0 Å². The maximum absolute atomic E-state index is 11.9. The lowest BCUT2D eigenvalue weighted by Gasteiger charge is -2.04. The molecule has 106 valence electrons. The van der Waals surface area contributed by atoms with E-state index >= 15 is 0 Å². The molecule has 0 unspecified atom stereocenters. The van der Waals surface area contributed by atoms with Crippen molar-refractivity contribution in [2.45, 2.75) is 11.3 Å². The van der Waals surface area contributed by atoms with Crippen molar-refractivity contribution in [1.82, 2.24) is 20.2 Å². The second-order valence-electron chi connectivity index (χ2n) is 3.98. The summed E-state index contributed by atoms with van der Waals surface area (Å²) in [5.74, 6) is -0.252. The van der Waals surface area contributed by atoms with Crippen molar-refractivity contribution in [2.75, 3.05) is 12.3 Å². The summed E-state index contributed by atoms with van der Waals surface area (Å²) in [4.78, 5) is 9.78. The van der Waals surface area contributed by atoms with E-state index in [1.807, 2.05) is 0 Å². The van der Waals surface area contributed by atoms with E-state index in [0.29, 0.717) is 5.69 Å². The Labute approximate surface area is 114 Å². The normalized spacial score (nSPS) is 11.4. The van der Waals surface area contributed by atoms with Gasteiger partial charge in [0.1, 0.15) is 6.33 Å². The van der Waals surface area contributed by atoms with E-state index in [1.165, 1.54) is 23.1 Å². The molecule has 1 heterocycles. The summed E-state index contributed by atoms with van der Waals surface area (Å²) in [6.07, 6.45) is 1.38. The van der Waals surface area contributed by atoms with E-state index in [0.717, 1.165) is 0 Å². The minimum atomic E-state index is -3.51. The maximum Gasteiger partial charge on any atom is 0.204 e. The SMILES string of the molecule is O=[N+]([O-])CCCS(=O)(=O)c1ccc(-n2cnnn2)cc1. The van der Waals surface area contributed by atoms with E-state index in [9.17, 15) is 18.5 Å². The van der Waals surface area contributed by atoms with Crippen LogP contribution in [0, 0.1) is 10.1 Å². The van der Waals surface area contributed by atoms with Gasteiger partial charge in [0.25, 0.3) is 0 Å². The molecule has 0 spiro atoms. The minimum Gasteiger partial charge on any atom is -0.265 e. The van der Waals surface area contributed by atoms with Crippen LogP contribution >= 0.6 is 0 Å². The number of sulfone groups is 1. The van der Waals surface area contributed by atoms with Crippen LogP contribution < -0.4 is 0 Å². The first-order chi connectivity index (χ1) is 9.49. The first-order valence-electron chi connectivity index (χ1n) is 5.67. The van der Waals surface area contributed by atoms with Crippen molar-refractivity contribution in [2.24, 2.45) is 0 Å². The number of benzene rings is 1. The molecule has 2 rings (SSSR count). The van der Waals surface area contributed by atoms with E-state index in [2.05, 4.69) is 15.5 Å². The van der Waals surface area contributed by atoms with Crippen molar-refractivity contribution in [1.29, 1.82) is 0 Å². The van der Waals surface area contributed by atoms with Crippen LogP contribution in [0.3, 0.4) is 0 Å². The van der Waals surface area contributed by atoms with E-state index in [-0.39, 0.29) is 23.6 Å². The Morgan fingerprint density at radius 2 is 1.95 bits per heavy atom. The van der Waals surface area contributed by atoms with Crippen molar-refractivity contribution < 1.29 is 13.3 Å². The van der Waals surface area contributed by atoms with Crippen LogP contribution in [0.1, 0.15) is 6.42 Å². The molecule has 0 saturated heterocycles. The van der Waals surface area contributed by atoms with Crippen molar-refractivity contribution in [3.8, 4) is 5.69 Å². The lowest BCUT2D eigenvalue weighted by molar-refractivity contribution is -0.479. The molecule has 20 heavy (non-hydrogen) atoms. The molecule has 10 heteroatoms. The highest BCUT2D eigenvalue weighted by atomic mass is 32.2. The van der Waals surface area contributed by atoms with Gasteiger partial charge in [0.2, 0.25) is 6.54 Å². The van der Waals surface area contributed by atoms with Crippen LogP contribution in [-0.2, 0) is 9.84 Å². The molecule has 0 saturated carbocycles. The zero-order valence-electron chi connectivity index (χ0n) is 10.3. The van der Waals surface area contributed by atoms with Gasteiger partial charge in [-0.05, 0) is 34.7 Å². The van der Waals surface area contributed by atoms with E-state index in [4.69, 9.17) is 0 Å². The van der Waals surface area contributed by atoms with Crippen molar-refractivity contribution in [3.63, 3.8) is 0 Å². The largest absolute Gasteiger partial charge is 0.265 e. The van der Waals surface area contributed by atoms with Gasteiger partial charge in [-0.15, -0.1) is 5.10 Å².